The zero-order chi connectivity index (χ0) is 10.7. The molecule has 1 aliphatic carbocycles. The summed E-state index contributed by atoms with van der Waals surface area (Å²) < 4.78 is 0. The van der Waals surface area contributed by atoms with Crippen molar-refractivity contribution in [3.8, 4) is 0 Å². The van der Waals surface area contributed by atoms with Crippen molar-refractivity contribution in [1.29, 1.82) is 0 Å². The van der Waals surface area contributed by atoms with E-state index in [0.29, 0.717) is 5.54 Å². The minimum Gasteiger partial charge on any atom is -0.307 e. The Kier molecular flexibility index (Phi) is 3.42. The first-order valence-electron chi connectivity index (χ1n) is 5.90. The largest absolute Gasteiger partial charge is 0.307 e. The third kappa shape index (κ3) is 2.79. The highest BCUT2D eigenvalue weighted by Crippen LogP contribution is 2.29. The molecule has 2 nitrogen and oxygen atoms in total. The predicted octanol–water partition coefficient (Wildman–Crippen LogP) is 3.13. The molecule has 15 heavy (non-hydrogen) atoms. The SMILES string of the molecule is CCc1ncc(CNC2(C)CCCC2)s1. The van der Waals surface area contributed by atoms with Crippen molar-refractivity contribution in [3.05, 3.63) is 16.1 Å². The van der Waals surface area contributed by atoms with Crippen molar-refractivity contribution in [3.63, 3.8) is 0 Å². The second kappa shape index (κ2) is 4.62. The smallest absolute Gasteiger partial charge is 0.0925 e. The van der Waals surface area contributed by atoms with E-state index in [2.05, 4.69) is 24.1 Å². The van der Waals surface area contributed by atoms with Crippen molar-refractivity contribution in [2.75, 3.05) is 0 Å². The molecule has 1 aromatic heterocycles. The Hall–Kier alpha value is -0.410. The maximum atomic E-state index is 4.38. The van der Waals surface area contributed by atoms with Gasteiger partial charge in [-0.1, -0.05) is 19.8 Å². The Labute approximate surface area is 96.1 Å². The zero-order valence-electron chi connectivity index (χ0n) is 9.68. The molecular formula is C12H20N2S. The Morgan fingerprint density at radius 2 is 2.20 bits per heavy atom. The number of thiazole rings is 1. The summed E-state index contributed by atoms with van der Waals surface area (Å²) in [5.41, 5.74) is 0.385. The van der Waals surface area contributed by atoms with E-state index in [1.807, 2.05) is 17.5 Å². The number of hydrogen-bond donors (Lipinski definition) is 1. The highest BCUT2D eigenvalue weighted by Gasteiger charge is 2.27. The Bertz CT molecular complexity index is 313. The summed E-state index contributed by atoms with van der Waals surface area (Å²) in [6.07, 6.45) is 8.49. The van der Waals surface area contributed by atoms with E-state index < -0.39 is 0 Å². The Morgan fingerprint density at radius 3 is 2.80 bits per heavy atom. The van der Waals surface area contributed by atoms with Gasteiger partial charge in [-0.25, -0.2) is 4.98 Å². The van der Waals surface area contributed by atoms with Gasteiger partial charge in [0.25, 0.3) is 0 Å². The summed E-state index contributed by atoms with van der Waals surface area (Å²) in [5.74, 6) is 0. The minimum absolute atomic E-state index is 0.385. The molecule has 84 valence electrons. The van der Waals surface area contributed by atoms with Crippen molar-refractivity contribution in [2.45, 2.75) is 58.0 Å². The fraction of sp³-hybridized carbons (Fsp3) is 0.750. The molecule has 1 saturated carbocycles. The second-order valence-electron chi connectivity index (χ2n) is 4.70. The van der Waals surface area contributed by atoms with Gasteiger partial charge in [0.1, 0.15) is 0 Å². The molecule has 0 aliphatic heterocycles. The molecule has 1 heterocycles. The van der Waals surface area contributed by atoms with Gasteiger partial charge in [-0.2, -0.15) is 0 Å². The van der Waals surface area contributed by atoms with Crippen molar-refractivity contribution < 1.29 is 0 Å². The maximum Gasteiger partial charge on any atom is 0.0925 e. The van der Waals surface area contributed by atoms with Crippen LogP contribution in [-0.4, -0.2) is 10.5 Å². The molecule has 0 saturated heterocycles. The van der Waals surface area contributed by atoms with E-state index >= 15 is 0 Å². The topological polar surface area (TPSA) is 24.9 Å². The van der Waals surface area contributed by atoms with Gasteiger partial charge in [-0.15, -0.1) is 11.3 Å². The highest BCUT2D eigenvalue weighted by atomic mass is 32.1. The number of aromatic nitrogens is 1. The third-order valence-corrected chi connectivity index (χ3v) is 4.44. The molecule has 0 amide bonds. The van der Waals surface area contributed by atoms with Crippen molar-refractivity contribution in [1.82, 2.24) is 10.3 Å². The standard InChI is InChI=1S/C12H20N2S/c1-3-11-13-8-10(15-11)9-14-12(2)6-4-5-7-12/h8,14H,3-7,9H2,1-2H3. The van der Waals surface area contributed by atoms with E-state index in [1.54, 1.807) is 0 Å². The lowest BCUT2D eigenvalue weighted by atomic mass is 10.0. The van der Waals surface area contributed by atoms with Gasteiger partial charge in [0.15, 0.2) is 0 Å². The Morgan fingerprint density at radius 1 is 1.47 bits per heavy atom. The molecule has 0 bridgehead atoms. The van der Waals surface area contributed by atoms with E-state index in [1.165, 1.54) is 35.6 Å². The maximum absolute atomic E-state index is 4.38. The van der Waals surface area contributed by atoms with Gasteiger partial charge in [0, 0.05) is 23.2 Å². The van der Waals surface area contributed by atoms with Gasteiger partial charge >= 0.3 is 0 Å². The number of hydrogen-bond acceptors (Lipinski definition) is 3. The summed E-state index contributed by atoms with van der Waals surface area (Å²) in [5, 5.41) is 4.94. The van der Waals surface area contributed by atoms with Crippen LogP contribution in [0.5, 0.6) is 0 Å². The van der Waals surface area contributed by atoms with Crippen molar-refractivity contribution in [2.24, 2.45) is 0 Å². The number of rotatable bonds is 4. The molecule has 1 fully saturated rings. The molecule has 2 rings (SSSR count). The first kappa shape index (κ1) is 11.1. The normalized spacial score (nSPS) is 19.6. The van der Waals surface area contributed by atoms with E-state index in [-0.39, 0.29) is 0 Å². The monoisotopic (exact) mass is 224 g/mol. The number of nitrogens with one attached hydrogen (secondary N) is 1. The predicted molar refractivity (Wildman–Crippen MR) is 65.2 cm³/mol. The molecule has 0 spiro atoms. The second-order valence-corrected chi connectivity index (χ2v) is 5.89. The fourth-order valence-corrected chi connectivity index (χ4v) is 3.03. The fourth-order valence-electron chi connectivity index (χ4n) is 2.23. The third-order valence-electron chi connectivity index (χ3n) is 3.30. The summed E-state index contributed by atoms with van der Waals surface area (Å²) >= 11 is 1.84. The van der Waals surface area contributed by atoms with Crippen LogP contribution in [0.2, 0.25) is 0 Å². The van der Waals surface area contributed by atoms with Crippen LogP contribution in [0.15, 0.2) is 6.20 Å². The van der Waals surface area contributed by atoms with Crippen LogP contribution in [0.4, 0.5) is 0 Å². The van der Waals surface area contributed by atoms with Gasteiger partial charge in [0.2, 0.25) is 0 Å². The van der Waals surface area contributed by atoms with Crippen LogP contribution in [0.1, 0.15) is 49.4 Å². The first-order chi connectivity index (χ1) is 7.22. The summed E-state index contributed by atoms with van der Waals surface area (Å²) in [7, 11) is 0. The Balaban J connectivity index is 1.87. The summed E-state index contributed by atoms with van der Waals surface area (Å²) in [6, 6.07) is 0. The number of aryl methyl sites for hydroxylation is 1. The van der Waals surface area contributed by atoms with Crippen molar-refractivity contribution >= 4 is 11.3 Å². The minimum atomic E-state index is 0.385. The van der Waals surface area contributed by atoms with Crippen LogP contribution in [0.3, 0.4) is 0 Å². The average molecular weight is 224 g/mol. The van der Waals surface area contributed by atoms with E-state index in [4.69, 9.17) is 0 Å². The van der Waals surface area contributed by atoms with Gasteiger partial charge in [-0.05, 0) is 26.2 Å². The molecule has 0 aromatic carbocycles. The van der Waals surface area contributed by atoms with Gasteiger partial charge in [-0.3, -0.25) is 0 Å². The van der Waals surface area contributed by atoms with Gasteiger partial charge < -0.3 is 5.32 Å². The van der Waals surface area contributed by atoms with Crippen LogP contribution >= 0.6 is 11.3 Å². The lowest BCUT2D eigenvalue weighted by Gasteiger charge is -2.24. The summed E-state index contributed by atoms with van der Waals surface area (Å²) in [4.78, 5) is 5.76. The molecule has 0 atom stereocenters. The van der Waals surface area contributed by atoms with Crippen LogP contribution < -0.4 is 5.32 Å². The molecular weight excluding hydrogens is 204 g/mol. The molecule has 0 radical (unpaired) electrons. The molecule has 3 heteroatoms. The lowest BCUT2D eigenvalue weighted by Crippen LogP contribution is -2.38. The van der Waals surface area contributed by atoms with E-state index in [0.717, 1.165) is 13.0 Å². The molecule has 1 aliphatic rings. The summed E-state index contributed by atoms with van der Waals surface area (Å²) in [6.45, 7) is 5.50. The van der Waals surface area contributed by atoms with Crippen LogP contribution in [-0.2, 0) is 13.0 Å². The quantitative estimate of drug-likeness (QED) is 0.850. The van der Waals surface area contributed by atoms with Gasteiger partial charge in [0.05, 0.1) is 5.01 Å². The first-order valence-corrected chi connectivity index (χ1v) is 6.72. The molecule has 1 aromatic rings. The van der Waals surface area contributed by atoms with Crippen LogP contribution in [0.25, 0.3) is 0 Å². The molecule has 1 N–H and O–H groups in total. The molecule has 0 unspecified atom stereocenters. The lowest BCUT2D eigenvalue weighted by molar-refractivity contribution is 0.364. The average Bonchev–Trinajstić information content (AvgIpc) is 2.84. The zero-order valence-corrected chi connectivity index (χ0v) is 10.5. The highest BCUT2D eigenvalue weighted by molar-refractivity contribution is 7.11. The number of nitrogens with zero attached hydrogens (tertiary/aromatic N) is 1. The van der Waals surface area contributed by atoms with Crippen LogP contribution in [0, 0.1) is 0 Å². The van der Waals surface area contributed by atoms with E-state index in [9.17, 15) is 0 Å².